The molecular formula is C15H28N4. The van der Waals surface area contributed by atoms with Crippen molar-refractivity contribution in [1.29, 1.82) is 0 Å². The van der Waals surface area contributed by atoms with Crippen LogP contribution in [0.3, 0.4) is 0 Å². The monoisotopic (exact) mass is 264 g/mol. The van der Waals surface area contributed by atoms with Gasteiger partial charge in [-0.1, -0.05) is 27.7 Å². The minimum atomic E-state index is 0.640. The molecule has 0 amide bonds. The van der Waals surface area contributed by atoms with Crippen LogP contribution in [0.2, 0.25) is 0 Å². The summed E-state index contributed by atoms with van der Waals surface area (Å²) in [6, 6.07) is 0. The van der Waals surface area contributed by atoms with E-state index in [1.54, 1.807) is 0 Å². The number of nitrogens with zero attached hydrogens (tertiary/aromatic N) is 2. The van der Waals surface area contributed by atoms with Crippen molar-refractivity contribution in [2.24, 2.45) is 17.8 Å². The van der Waals surface area contributed by atoms with Crippen LogP contribution >= 0.6 is 0 Å². The summed E-state index contributed by atoms with van der Waals surface area (Å²) in [5.41, 5.74) is 2.19. The zero-order chi connectivity index (χ0) is 14.4. The molecule has 108 valence electrons. The zero-order valence-corrected chi connectivity index (χ0v) is 13.1. The smallest absolute Gasteiger partial charge is 0.222 e. The van der Waals surface area contributed by atoms with Crippen LogP contribution in [0.1, 0.15) is 39.0 Å². The molecular weight excluding hydrogens is 236 g/mol. The molecule has 0 radical (unpaired) electrons. The van der Waals surface area contributed by atoms with E-state index < -0.39 is 0 Å². The van der Waals surface area contributed by atoms with Gasteiger partial charge in [-0.25, -0.2) is 9.97 Å². The van der Waals surface area contributed by atoms with E-state index in [9.17, 15) is 0 Å². The van der Waals surface area contributed by atoms with Crippen LogP contribution in [-0.2, 0) is 6.54 Å². The second kappa shape index (κ2) is 7.43. The Bertz CT molecular complexity index is 380. The first-order valence-corrected chi connectivity index (χ1v) is 7.16. The fourth-order valence-electron chi connectivity index (χ4n) is 2.39. The molecule has 1 heterocycles. The molecule has 0 fully saturated rings. The van der Waals surface area contributed by atoms with E-state index in [0.717, 1.165) is 30.3 Å². The number of aromatic nitrogens is 2. The molecule has 0 spiro atoms. The van der Waals surface area contributed by atoms with Crippen molar-refractivity contribution in [3.63, 3.8) is 0 Å². The van der Waals surface area contributed by atoms with Gasteiger partial charge in [-0.15, -0.1) is 0 Å². The lowest BCUT2D eigenvalue weighted by Crippen LogP contribution is -2.25. The summed E-state index contributed by atoms with van der Waals surface area (Å²) < 4.78 is 0. The van der Waals surface area contributed by atoms with Gasteiger partial charge in [0.25, 0.3) is 0 Å². The Morgan fingerprint density at radius 1 is 1.16 bits per heavy atom. The van der Waals surface area contributed by atoms with Crippen molar-refractivity contribution in [2.75, 3.05) is 18.9 Å². The molecule has 0 aliphatic carbocycles. The van der Waals surface area contributed by atoms with Gasteiger partial charge in [-0.2, -0.15) is 0 Å². The second-order valence-electron chi connectivity index (χ2n) is 5.87. The highest BCUT2D eigenvalue weighted by molar-refractivity contribution is 5.29. The normalized spacial score (nSPS) is 11.6. The van der Waals surface area contributed by atoms with Crippen molar-refractivity contribution in [3.8, 4) is 0 Å². The molecule has 0 atom stereocenters. The number of hydrogen-bond donors (Lipinski definition) is 2. The molecule has 0 unspecified atom stereocenters. The number of rotatable bonds is 7. The highest BCUT2D eigenvalue weighted by atomic mass is 15.1. The van der Waals surface area contributed by atoms with Gasteiger partial charge in [0.05, 0.1) is 0 Å². The lowest BCUT2D eigenvalue weighted by atomic mass is 9.85. The number of aryl methyl sites for hydroxylation is 1. The van der Waals surface area contributed by atoms with E-state index in [0.29, 0.717) is 17.8 Å². The fraction of sp³-hybridized carbons (Fsp3) is 0.733. The predicted octanol–water partition coefficient (Wildman–Crippen LogP) is 2.84. The van der Waals surface area contributed by atoms with Gasteiger partial charge in [0.15, 0.2) is 0 Å². The molecule has 4 heteroatoms. The van der Waals surface area contributed by atoms with E-state index in [1.165, 1.54) is 0 Å². The van der Waals surface area contributed by atoms with Crippen LogP contribution in [0, 0.1) is 24.7 Å². The van der Waals surface area contributed by atoms with E-state index in [2.05, 4.69) is 48.3 Å². The second-order valence-corrected chi connectivity index (χ2v) is 5.87. The minimum Gasteiger partial charge on any atom is -0.354 e. The average Bonchev–Trinajstić information content (AvgIpc) is 2.32. The maximum Gasteiger partial charge on any atom is 0.222 e. The quantitative estimate of drug-likeness (QED) is 0.795. The lowest BCUT2D eigenvalue weighted by molar-refractivity contribution is 0.304. The van der Waals surface area contributed by atoms with Crippen LogP contribution in [0.15, 0.2) is 6.20 Å². The topological polar surface area (TPSA) is 49.8 Å². The molecule has 4 nitrogen and oxygen atoms in total. The van der Waals surface area contributed by atoms with Crippen molar-refractivity contribution in [2.45, 2.75) is 41.2 Å². The maximum absolute atomic E-state index is 4.52. The van der Waals surface area contributed by atoms with Crippen molar-refractivity contribution in [1.82, 2.24) is 15.3 Å². The van der Waals surface area contributed by atoms with Gasteiger partial charge < -0.3 is 10.6 Å². The molecule has 0 saturated carbocycles. The summed E-state index contributed by atoms with van der Waals surface area (Å²) in [5.74, 6) is 2.71. The Labute approximate surface area is 117 Å². The van der Waals surface area contributed by atoms with Crippen LogP contribution < -0.4 is 10.6 Å². The number of nitrogens with one attached hydrogen (secondary N) is 2. The highest BCUT2D eigenvalue weighted by Crippen LogP contribution is 2.20. The molecule has 0 bridgehead atoms. The molecule has 0 aliphatic heterocycles. The maximum atomic E-state index is 4.52. The Kier molecular flexibility index (Phi) is 6.22. The fourth-order valence-corrected chi connectivity index (χ4v) is 2.39. The average molecular weight is 264 g/mol. The lowest BCUT2D eigenvalue weighted by Gasteiger charge is -2.25. The van der Waals surface area contributed by atoms with Crippen LogP contribution in [0.4, 0.5) is 5.95 Å². The molecule has 0 saturated heterocycles. The first kappa shape index (κ1) is 15.9. The van der Waals surface area contributed by atoms with Gasteiger partial charge in [0.1, 0.15) is 0 Å². The Morgan fingerprint density at radius 2 is 1.79 bits per heavy atom. The third-order valence-electron chi connectivity index (χ3n) is 3.66. The van der Waals surface area contributed by atoms with E-state index >= 15 is 0 Å². The molecule has 1 aromatic heterocycles. The van der Waals surface area contributed by atoms with Crippen LogP contribution in [0.25, 0.3) is 0 Å². The summed E-state index contributed by atoms with van der Waals surface area (Å²) in [7, 11) is 1.93. The van der Waals surface area contributed by atoms with Gasteiger partial charge in [-0.3, -0.25) is 0 Å². The number of hydrogen-bond acceptors (Lipinski definition) is 4. The largest absolute Gasteiger partial charge is 0.354 e. The van der Waals surface area contributed by atoms with Gasteiger partial charge >= 0.3 is 0 Å². The molecule has 0 aliphatic rings. The molecule has 19 heavy (non-hydrogen) atoms. The molecule has 1 aromatic rings. The summed E-state index contributed by atoms with van der Waals surface area (Å²) in [6.07, 6.45) is 1.90. The van der Waals surface area contributed by atoms with Gasteiger partial charge in [0, 0.05) is 30.5 Å². The molecule has 1 rings (SSSR count). The van der Waals surface area contributed by atoms with Crippen molar-refractivity contribution in [3.05, 3.63) is 17.5 Å². The summed E-state index contributed by atoms with van der Waals surface area (Å²) in [6.45, 7) is 12.9. The SMILES string of the molecule is CNCc1cnc(NCC(C(C)C)C(C)C)nc1C. The Morgan fingerprint density at radius 3 is 2.26 bits per heavy atom. The Balaban J connectivity index is 2.65. The van der Waals surface area contributed by atoms with Crippen molar-refractivity contribution < 1.29 is 0 Å². The first-order chi connectivity index (χ1) is 8.95. The number of anilines is 1. The van der Waals surface area contributed by atoms with Crippen LogP contribution in [-0.4, -0.2) is 23.6 Å². The predicted molar refractivity (Wildman–Crippen MR) is 81.2 cm³/mol. The standard InChI is InChI=1S/C15H28N4/c1-10(2)14(11(3)4)9-18-15-17-8-13(7-16-6)12(5)19-15/h8,10-11,14,16H,7,9H2,1-6H3,(H,17,18,19). The summed E-state index contributed by atoms with van der Waals surface area (Å²) in [4.78, 5) is 8.91. The Hall–Kier alpha value is -1.16. The van der Waals surface area contributed by atoms with Gasteiger partial charge in [0.2, 0.25) is 5.95 Å². The minimum absolute atomic E-state index is 0.640. The van der Waals surface area contributed by atoms with Crippen LogP contribution in [0.5, 0.6) is 0 Å². The third kappa shape index (κ3) is 4.78. The van der Waals surface area contributed by atoms with E-state index in [1.807, 2.05) is 20.2 Å². The highest BCUT2D eigenvalue weighted by Gasteiger charge is 2.17. The first-order valence-electron chi connectivity index (χ1n) is 7.16. The zero-order valence-electron chi connectivity index (χ0n) is 13.1. The molecule has 0 aromatic carbocycles. The van der Waals surface area contributed by atoms with Crippen molar-refractivity contribution >= 4 is 5.95 Å². The summed E-state index contributed by atoms with van der Waals surface area (Å²) >= 11 is 0. The van der Waals surface area contributed by atoms with Gasteiger partial charge in [-0.05, 0) is 31.7 Å². The molecule has 2 N–H and O–H groups in total. The third-order valence-corrected chi connectivity index (χ3v) is 3.66. The van der Waals surface area contributed by atoms with E-state index in [-0.39, 0.29) is 0 Å². The van der Waals surface area contributed by atoms with E-state index in [4.69, 9.17) is 0 Å². The summed E-state index contributed by atoms with van der Waals surface area (Å²) in [5, 5.41) is 6.50.